The van der Waals surface area contributed by atoms with Crippen molar-refractivity contribution in [2.24, 2.45) is 5.92 Å². The first kappa shape index (κ1) is 14.4. The van der Waals surface area contributed by atoms with E-state index >= 15 is 0 Å². The fourth-order valence-electron chi connectivity index (χ4n) is 2.37. The maximum absolute atomic E-state index is 11.1. The van der Waals surface area contributed by atoms with Crippen LogP contribution in [0.3, 0.4) is 0 Å². The van der Waals surface area contributed by atoms with Crippen molar-refractivity contribution in [2.45, 2.75) is 44.6 Å². The van der Waals surface area contributed by atoms with E-state index in [1.54, 1.807) is 0 Å². The highest BCUT2D eigenvalue weighted by Crippen LogP contribution is 2.28. The molecule has 0 aromatic carbocycles. The molecule has 1 aliphatic rings. The van der Waals surface area contributed by atoms with Crippen molar-refractivity contribution in [3.05, 3.63) is 0 Å². The van der Waals surface area contributed by atoms with Crippen LogP contribution in [0.1, 0.15) is 20.3 Å². The number of aliphatic hydroxyl groups excluding tert-OH is 3. The van der Waals surface area contributed by atoms with E-state index in [1.807, 2.05) is 6.92 Å². The quantitative estimate of drug-likeness (QED) is 0.491. The summed E-state index contributed by atoms with van der Waals surface area (Å²) in [4.78, 5) is 11.1. The number of hydrogen-bond donors (Lipinski definition) is 4. The van der Waals surface area contributed by atoms with E-state index in [0.717, 1.165) is 0 Å². The second kappa shape index (κ2) is 6.30. The van der Waals surface area contributed by atoms with Crippen molar-refractivity contribution in [1.82, 2.24) is 5.32 Å². The number of carbonyl (C=O) groups excluding carboxylic acids is 1. The molecule has 3 unspecified atom stereocenters. The van der Waals surface area contributed by atoms with E-state index in [1.165, 1.54) is 6.92 Å². The second-order valence-electron chi connectivity index (χ2n) is 4.37. The normalized spacial score (nSPS) is 37.8. The molecule has 6 heteroatoms. The minimum absolute atomic E-state index is 0.209. The Morgan fingerprint density at radius 3 is 2.29 bits per heavy atom. The van der Waals surface area contributed by atoms with Gasteiger partial charge in [0.25, 0.3) is 0 Å². The van der Waals surface area contributed by atoms with E-state index in [4.69, 9.17) is 4.74 Å². The zero-order valence-corrected chi connectivity index (χ0v) is 10.2. The van der Waals surface area contributed by atoms with Gasteiger partial charge >= 0.3 is 0 Å². The van der Waals surface area contributed by atoms with Crippen LogP contribution in [-0.4, -0.2) is 58.8 Å². The van der Waals surface area contributed by atoms with Gasteiger partial charge in [0.05, 0.1) is 31.5 Å². The third-order valence-electron chi connectivity index (χ3n) is 3.24. The van der Waals surface area contributed by atoms with Crippen molar-refractivity contribution in [1.29, 1.82) is 0 Å². The predicted octanol–water partition coefficient (Wildman–Crippen LogP) is -1.37. The summed E-state index contributed by atoms with van der Waals surface area (Å²) in [7, 11) is 0. The zero-order chi connectivity index (χ0) is 13.0. The third kappa shape index (κ3) is 3.16. The van der Waals surface area contributed by atoms with Gasteiger partial charge in [-0.3, -0.25) is 4.79 Å². The fraction of sp³-hybridized carbons (Fsp3) is 0.909. The van der Waals surface area contributed by atoms with Crippen LogP contribution in [0.25, 0.3) is 0 Å². The summed E-state index contributed by atoms with van der Waals surface area (Å²) in [5.74, 6) is -0.534. The highest BCUT2D eigenvalue weighted by Gasteiger charge is 2.43. The lowest BCUT2D eigenvalue weighted by atomic mass is 9.83. The molecule has 0 spiro atoms. The third-order valence-corrected chi connectivity index (χ3v) is 3.24. The molecule has 1 fully saturated rings. The minimum atomic E-state index is -0.827. The summed E-state index contributed by atoms with van der Waals surface area (Å²) in [5.41, 5.74) is 0. The zero-order valence-electron chi connectivity index (χ0n) is 10.2. The summed E-state index contributed by atoms with van der Waals surface area (Å²) in [6.45, 7) is 2.71. The molecule has 0 saturated carbocycles. The topological polar surface area (TPSA) is 99.0 Å². The van der Waals surface area contributed by atoms with Crippen LogP contribution in [0.2, 0.25) is 0 Å². The van der Waals surface area contributed by atoms with Crippen LogP contribution in [-0.2, 0) is 9.53 Å². The van der Waals surface area contributed by atoms with Crippen LogP contribution in [0.5, 0.6) is 0 Å². The molecule has 4 N–H and O–H groups in total. The lowest BCUT2D eigenvalue weighted by Gasteiger charge is -2.44. The van der Waals surface area contributed by atoms with Gasteiger partial charge in [0.2, 0.25) is 5.91 Å². The molecule has 100 valence electrons. The molecule has 1 saturated heterocycles. The summed E-state index contributed by atoms with van der Waals surface area (Å²) in [6.07, 6.45) is -1.39. The van der Waals surface area contributed by atoms with Gasteiger partial charge in [0, 0.05) is 12.8 Å². The van der Waals surface area contributed by atoms with Gasteiger partial charge in [-0.05, 0) is 6.42 Å². The molecule has 1 rings (SSSR count). The maximum Gasteiger partial charge on any atom is 0.217 e. The Hall–Kier alpha value is -0.690. The molecule has 1 aliphatic heterocycles. The molecule has 1 amide bonds. The van der Waals surface area contributed by atoms with E-state index in [-0.39, 0.29) is 25.0 Å². The summed E-state index contributed by atoms with van der Waals surface area (Å²) >= 11 is 0. The SMILES string of the molecule is CC[C@@H]1C(CO)O[C@@H](CO)C(NC(C)=O)C1O. The van der Waals surface area contributed by atoms with Crippen molar-refractivity contribution >= 4 is 5.91 Å². The van der Waals surface area contributed by atoms with Crippen molar-refractivity contribution in [3.8, 4) is 0 Å². The van der Waals surface area contributed by atoms with Gasteiger partial charge in [0.1, 0.15) is 6.10 Å². The molecule has 5 atom stereocenters. The first-order valence-electron chi connectivity index (χ1n) is 5.87. The number of amides is 1. The Bertz CT molecular complexity index is 260. The Labute approximate surface area is 101 Å². The molecule has 1 heterocycles. The Balaban J connectivity index is 2.83. The Kier molecular flexibility index (Phi) is 5.32. The summed E-state index contributed by atoms with van der Waals surface area (Å²) in [5, 5.41) is 31.1. The maximum atomic E-state index is 11.1. The smallest absolute Gasteiger partial charge is 0.217 e. The van der Waals surface area contributed by atoms with Gasteiger partial charge in [-0.15, -0.1) is 0 Å². The number of aliphatic hydroxyl groups is 3. The monoisotopic (exact) mass is 247 g/mol. The van der Waals surface area contributed by atoms with Crippen molar-refractivity contribution < 1.29 is 24.9 Å². The molecular formula is C11H21NO5. The van der Waals surface area contributed by atoms with Gasteiger partial charge in [-0.1, -0.05) is 6.92 Å². The van der Waals surface area contributed by atoms with E-state index in [0.29, 0.717) is 6.42 Å². The standard InChI is InChI=1S/C11H21NO5/c1-3-7-8(4-13)17-9(5-14)10(11(7)16)12-6(2)15/h7-11,13-14,16H,3-5H2,1-2H3,(H,12,15)/t7-,8?,9+,10?,11?/m1/s1. The second-order valence-corrected chi connectivity index (χ2v) is 4.37. The largest absolute Gasteiger partial charge is 0.394 e. The summed E-state index contributed by atoms with van der Waals surface area (Å²) < 4.78 is 5.50. The Morgan fingerprint density at radius 2 is 1.88 bits per heavy atom. The first-order chi connectivity index (χ1) is 8.04. The van der Waals surface area contributed by atoms with Crippen molar-refractivity contribution in [2.75, 3.05) is 13.2 Å². The van der Waals surface area contributed by atoms with E-state index in [2.05, 4.69) is 5.32 Å². The van der Waals surface area contributed by atoms with Crippen LogP contribution < -0.4 is 5.32 Å². The van der Waals surface area contributed by atoms with Gasteiger partial charge in [-0.2, -0.15) is 0 Å². The molecule has 0 bridgehead atoms. The average molecular weight is 247 g/mol. The number of carbonyl (C=O) groups is 1. The van der Waals surface area contributed by atoms with Gasteiger partial charge < -0.3 is 25.4 Å². The molecule has 0 aromatic rings. The molecular weight excluding hydrogens is 226 g/mol. The van der Waals surface area contributed by atoms with Crippen LogP contribution in [0.4, 0.5) is 0 Å². The fourth-order valence-corrected chi connectivity index (χ4v) is 2.37. The van der Waals surface area contributed by atoms with Crippen LogP contribution in [0, 0.1) is 5.92 Å². The van der Waals surface area contributed by atoms with Gasteiger partial charge in [-0.25, -0.2) is 0 Å². The van der Waals surface area contributed by atoms with Crippen LogP contribution >= 0.6 is 0 Å². The highest BCUT2D eigenvalue weighted by molar-refractivity contribution is 5.73. The number of hydrogen-bond acceptors (Lipinski definition) is 5. The van der Waals surface area contributed by atoms with Crippen molar-refractivity contribution in [3.63, 3.8) is 0 Å². The minimum Gasteiger partial charge on any atom is -0.394 e. The van der Waals surface area contributed by atoms with E-state index in [9.17, 15) is 20.1 Å². The average Bonchev–Trinajstić information content (AvgIpc) is 2.30. The molecule has 6 nitrogen and oxygen atoms in total. The lowest BCUT2D eigenvalue weighted by Crippen LogP contribution is -2.62. The highest BCUT2D eigenvalue weighted by atomic mass is 16.5. The Morgan fingerprint density at radius 1 is 1.29 bits per heavy atom. The first-order valence-corrected chi connectivity index (χ1v) is 5.87. The number of ether oxygens (including phenoxy) is 1. The van der Waals surface area contributed by atoms with Gasteiger partial charge in [0.15, 0.2) is 0 Å². The molecule has 0 aromatic heterocycles. The van der Waals surface area contributed by atoms with E-state index < -0.39 is 24.4 Å². The molecule has 17 heavy (non-hydrogen) atoms. The van der Waals surface area contributed by atoms with Crippen LogP contribution in [0.15, 0.2) is 0 Å². The molecule has 0 radical (unpaired) electrons. The lowest BCUT2D eigenvalue weighted by molar-refractivity contribution is -0.179. The predicted molar refractivity (Wildman–Crippen MR) is 60.2 cm³/mol. The number of rotatable bonds is 4. The number of nitrogens with one attached hydrogen (secondary N) is 1. The molecule has 0 aliphatic carbocycles. The summed E-state index contributed by atoms with van der Waals surface area (Å²) in [6, 6.07) is -0.634.